The minimum absolute atomic E-state index is 0.0604. The molecule has 24 heavy (non-hydrogen) atoms. The Morgan fingerprint density at radius 2 is 1.96 bits per heavy atom. The normalized spacial score (nSPS) is 20.4. The van der Waals surface area contributed by atoms with Gasteiger partial charge < -0.3 is 0 Å². The predicted octanol–water partition coefficient (Wildman–Crippen LogP) is 3.16. The molecule has 0 aliphatic carbocycles. The van der Waals surface area contributed by atoms with Crippen molar-refractivity contribution >= 4 is 39.7 Å². The Hall–Kier alpha value is -1.73. The molecule has 7 heteroatoms. The molecule has 0 aromatic heterocycles. The number of nitrogens with zero attached hydrogens (tertiary/aromatic N) is 1. The fourth-order valence-electron chi connectivity index (χ4n) is 2.46. The summed E-state index contributed by atoms with van der Waals surface area (Å²) in [6.07, 6.45) is 2.25. The molecule has 3 rings (SSSR count). The van der Waals surface area contributed by atoms with Crippen molar-refractivity contribution in [1.29, 1.82) is 0 Å². The van der Waals surface area contributed by atoms with Crippen molar-refractivity contribution in [2.24, 2.45) is 5.10 Å². The second-order valence-corrected chi connectivity index (χ2v) is 6.73. The fraction of sp³-hybridized carbons (Fsp3) is 0.176. The molecule has 124 valence electrons. The van der Waals surface area contributed by atoms with Crippen molar-refractivity contribution in [2.75, 3.05) is 0 Å². The lowest BCUT2D eigenvalue weighted by molar-refractivity contribution is -0.122. The van der Waals surface area contributed by atoms with E-state index in [4.69, 9.17) is 11.6 Å². The number of halogens is 2. The Morgan fingerprint density at radius 3 is 2.71 bits per heavy atom. The standard InChI is InChI=1S/C17H16BrClN4O/c18-14-4-2-1-3-12(14)10-20-23-17(24)16-9-15(21-22-16)11-5-7-13(19)8-6-11/h1-8,10,15-16,21-22H,9H2,(H,23,24)/b20-10+. The molecular weight excluding hydrogens is 392 g/mol. The molecule has 2 aromatic carbocycles. The van der Waals surface area contributed by atoms with E-state index in [9.17, 15) is 4.79 Å². The minimum atomic E-state index is -0.345. The number of hydrogen-bond donors (Lipinski definition) is 3. The fourth-order valence-corrected chi connectivity index (χ4v) is 2.98. The van der Waals surface area contributed by atoms with Crippen LogP contribution in [-0.4, -0.2) is 18.2 Å². The average molecular weight is 408 g/mol. The third-order valence-electron chi connectivity index (χ3n) is 3.78. The number of hydrazone groups is 1. The zero-order valence-electron chi connectivity index (χ0n) is 12.7. The molecule has 3 N–H and O–H groups in total. The maximum atomic E-state index is 12.2. The lowest BCUT2D eigenvalue weighted by Gasteiger charge is -2.09. The van der Waals surface area contributed by atoms with E-state index in [-0.39, 0.29) is 18.0 Å². The zero-order chi connectivity index (χ0) is 16.9. The first-order valence-corrected chi connectivity index (χ1v) is 8.64. The smallest absolute Gasteiger partial charge is 0.258 e. The highest BCUT2D eigenvalue weighted by molar-refractivity contribution is 9.10. The van der Waals surface area contributed by atoms with Gasteiger partial charge in [0.1, 0.15) is 6.04 Å². The van der Waals surface area contributed by atoms with Gasteiger partial charge in [-0.05, 0) is 30.2 Å². The van der Waals surface area contributed by atoms with Gasteiger partial charge in [0, 0.05) is 21.1 Å². The van der Waals surface area contributed by atoms with Crippen molar-refractivity contribution in [1.82, 2.24) is 16.3 Å². The maximum Gasteiger partial charge on any atom is 0.258 e. The summed E-state index contributed by atoms with van der Waals surface area (Å²) >= 11 is 9.33. The summed E-state index contributed by atoms with van der Waals surface area (Å²) in [7, 11) is 0. The Bertz CT molecular complexity index is 751. The van der Waals surface area contributed by atoms with E-state index >= 15 is 0 Å². The van der Waals surface area contributed by atoms with Crippen molar-refractivity contribution in [3.63, 3.8) is 0 Å². The number of nitrogens with one attached hydrogen (secondary N) is 3. The number of amides is 1. The van der Waals surface area contributed by atoms with Crippen LogP contribution in [-0.2, 0) is 4.79 Å². The first-order valence-electron chi connectivity index (χ1n) is 7.47. The molecule has 2 atom stereocenters. The largest absolute Gasteiger partial charge is 0.271 e. The first kappa shape index (κ1) is 17.1. The lowest BCUT2D eigenvalue weighted by Crippen LogP contribution is -2.41. The van der Waals surface area contributed by atoms with E-state index in [1.165, 1.54) is 0 Å². The molecule has 1 heterocycles. The number of rotatable bonds is 4. The highest BCUT2D eigenvalue weighted by atomic mass is 79.9. The van der Waals surface area contributed by atoms with Gasteiger partial charge in [0.2, 0.25) is 0 Å². The van der Waals surface area contributed by atoms with E-state index in [2.05, 4.69) is 37.3 Å². The van der Waals surface area contributed by atoms with E-state index in [0.717, 1.165) is 15.6 Å². The molecule has 2 unspecified atom stereocenters. The molecule has 2 aromatic rings. The topological polar surface area (TPSA) is 65.5 Å². The van der Waals surface area contributed by atoms with Gasteiger partial charge in [0.25, 0.3) is 5.91 Å². The summed E-state index contributed by atoms with van der Waals surface area (Å²) in [5, 5.41) is 4.71. The van der Waals surface area contributed by atoms with Gasteiger partial charge in [-0.1, -0.05) is 57.9 Å². The Morgan fingerprint density at radius 1 is 1.21 bits per heavy atom. The Balaban J connectivity index is 1.55. The first-order chi connectivity index (χ1) is 11.6. The third-order valence-corrected chi connectivity index (χ3v) is 4.75. The van der Waals surface area contributed by atoms with Crippen LogP contribution in [0.1, 0.15) is 23.6 Å². The highest BCUT2D eigenvalue weighted by Crippen LogP contribution is 2.23. The summed E-state index contributed by atoms with van der Waals surface area (Å²) in [5.74, 6) is -0.178. The quantitative estimate of drug-likeness (QED) is 0.539. The van der Waals surface area contributed by atoms with Gasteiger partial charge in [0.15, 0.2) is 0 Å². The van der Waals surface area contributed by atoms with Gasteiger partial charge in [-0.25, -0.2) is 16.3 Å². The van der Waals surface area contributed by atoms with Gasteiger partial charge in [-0.2, -0.15) is 5.10 Å². The summed E-state index contributed by atoms with van der Waals surface area (Å²) in [6, 6.07) is 15.0. The maximum absolute atomic E-state index is 12.2. The van der Waals surface area contributed by atoms with Gasteiger partial charge >= 0.3 is 0 Å². The predicted molar refractivity (Wildman–Crippen MR) is 98.7 cm³/mol. The van der Waals surface area contributed by atoms with Crippen LogP contribution in [0.5, 0.6) is 0 Å². The summed E-state index contributed by atoms with van der Waals surface area (Å²) in [4.78, 5) is 12.2. The van der Waals surface area contributed by atoms with Crippen molar-refractivity contribution in [3.05, 3.63) is 69.2 Å². The number of carbonyl (C=O) groups is 1. The third kappa shape index (κ3) is 4.21. The second kappa shape index (κ2) is 7.90. The van der Waals surface area contributed by atoms with Crippen LogP contribution in [0.2, 0.25) is 5.02 Å². The molecule has 5 nitrogen and oxygen atoms in total. The van der Waals surface area contributed by atoms with E-state index in [1.807, 2.05) is 48.5 Å². The van der Waals surface area contributed by atoms with Crippen LogP contribution in [0.4, 0.5) is 0 Å². The van der Waals surface area contributed by atoms with Gasteiger partial charge in [-0.3, -0.25) is 4.79 Å². The van der Waals surface area contributed by atoms with Crippen LogP contribution < -0.4 is 16.3 Å². The number of benzene rings is 2. The van der Waals surface area contributed by atoms with Crippen LogP contribution in [0.25, 0.3) is 0 Å². The number of hydrogen-bond acceptors (Lipinski definition) is 4. The van der Waals surface area contributed by atoms with Gasteiger partial charge in [0.05, 0.1) is 6.21 Å². The zero-order valence-corrected chi connectivity index (χ0v) is 15.0. The molecule has 1 fully saturated rings. The molecule has 1 saturated heterocycles. The molecule has 1 aliphatic heterocycles. The SMILES string of the molecule is O=C(N/N=C/c1ccccc1Br)C1CC(c2ccc(Cl)cc2)NN1. The molecule has 0 saturated carbocycles. The van der Waals surface area contributed by atoms with Crippen molar-refractivity contribution in [2.45, 2.75) is 18.5 Å². The minimum Gasteiger partial charge on any atom is -0.271 e. The molecule has 0 spiro atoms. The van der Waals surface area contributed by atoms with Crippen molar-refractivity contribution in [3.8, 4) is 0 Å². The van der Waals surface area contributed by atoms with E-state index in [1.54, 1.807) is 6.21 Å². The summed E-state index contributed by atoms with van der Waals surface area (Å²) in [6.45, 7) is 0. The lowest BCUT2D eigenvalue weighted by atomic mass is 10.0. The number of hydrazine groups is 1. The highest BCUT2D eigenvalue weighted by Gasteiger charge is 2.29. The van der Waals surface area contributed by atoms with Crippen LogP contribution in [0.15, 0.2) is 58.1 Å². The molecule has 1 amide bonds. The molecule has 0 radical (unpaired) electrons. The monoisotopic (exact) mass is 406 g/mol. The summed E-state index contributed by atoms with van der Waals surface area (Å²) in [5.41, 5.74) is 10.7. The summed E-state index contributed by atoms with van der Waals surface area (Å²) < 4.78 is 0.923. The Kier molecular flexibility index (Phi) is 5.63. The average Bonchev–Trinajstić information content (AvgIpc) is 3.07. The second-order valence-electron chi connectivity index (χ2n) is 5.44. The Labute approximate surface area is 153 Å². The van der Waals surface area contributed by atoms with Crippen molar-refractivity contribution < 1.29 is 4.79 Å². The van der Waals surface area contributed by atoms with Gasteiger partial charge in [-0.15, -0.1) is 0 Å². The molecule has 0 bridgehead atoms. The molecular formula is C17H16BrClN4O. The van der Waals surface area contributed by atoms with E-state index < -0.39 is 0 Å². The van der Waals surface area contributed by atoms with E-state index in [0.29, 0.717) is 11.4 Å². The van der Waals surface area contributed by atoms with Crippen LogP contribution >= 0.6 is 27.5 Å². The molecule has 1 aliphatic rings. The van der Waals surface area contributed by atoms with Crippen LogP contribution in [0.3, 0.4) is 0 Å². The number of carbonyl (C=O) groups excluding carboxylic acids is 1. The van der Waals surface area contributed by atoms with Crippen LogP contribution in [0, 0.1) is 0 Å².